The Kier molecular flexibility index (Phi) is 5.53. The molecule has 3 aromatic rings. The lowest BCUT2D eigenvalue weighted by atomic mass is 10.1. The highest BCUT2D eigenvalue weighted by Crippen LogP contribution is 2.20. The maximum absolute atomic E-state index is 12.3. The zero-order valence-electron chi connectivity index (χ0n) is 16.4. The third kappa shape index (κ3) is 4.07. The number of hydrogen-bond acceptors (Lipinski definition) is 4. The van der Waals surface area contributed by atoms with Crippen molar-refractivity contribution in [3.05, 3.63) is 53.9 Å². The van der Waals surface area contributed by atoms with Gasteiger partial charge in [-0.2, -0.15) is 0 Å². The van der Waals surface area contributed by atoms with Crippen LogP contribution in [0.5, 0.6) is 0 Å². The van der Waals surface area contributed by atoms with Crippen molar-refractivity contribution in [2.24, 2.45) is 0 Å². The highest BCUT2D eigenvalue weighted by atomic mass is 32.2. The lowest BCUT2D eigenvalue weighted by Crippen LogP contribution is -2.22. The molecule has 3 rings (SSSR count). The molecule has 0 aliphatic rings. The summed E-state index contributed by atoms with van der Waals surface area (Å²) < 4.78 is 27.5. The van der Waals surface area contributed by atoms with Crippen molar-refractivity contribution < 1.29 is 13.2 Å². The average molecular weight is 401 g/mol. The number of carbonyl (C=O) groups excluding carboxylic acids is 1. The minimum absolute atomic E-state index is 0.0862. The molecule has 0 aliphatic heterocycles. The fraction of sp³-hybridized carbons (Fsp3) is 0.300. The summed E-state index contributed by atoms with van der Waals surface area (Å²) in [6.07, 6.45) is 1.91. The van der Waals surface area contributed by atoms with E-state index in [1.807, 2.05) is 36.6 Å². The first-order valence-electron chi connectivity index (χ1n) is 8.93. The van der Waals surface area contributed by atoms with Gasteiger partial charge in [-0.3, -0.25) is 4.79 Å². The summed E-state index contributed by atoms with van der Waals surface area (Å²) in [6.45, 7) is 4.49. The maximum atomic E-state index is 12.3. The van der Waals surface area contributed by atoms with Gasteiger partial charge in [0.15, 0.2) is 0 Å². The van der Waals surface area contributed by atoms with Gasteiger partial charge in [-0.05, 0) is 55.3 Å². The second-order valence-corrected chi connectivity index (χ2v) is 9.12. The molecule has 0 fully saturated rings. The van der Waals surface area contributed by atoms with E-state index < -0.39 is 10.0 Å². The van der Waals surface area contributed by atoms with Crippen molar-refractivity contribution in [3.8, 4) is 0 Å². The van der Waals surface area contributed by atoms with E-state index in [0.29, 0.717) is 12.1 Å². The van der Waals surface area contributed by atoms with Crippen LogP contribution in [0.1, 0.15) is 17.5 Å². The minimum Gasteiger partial charge on any atom is -0.330 e. The number of sulfonamides is 1. The smallest absolute Gasteiger partial charge is 0.242 e. The molecule has 0 saturated carbocycles. The van der Waals surface area contributed by atoms with E-state index in [9.17, 15) is 13.2 Å². The largest absolute Gasteiger partial charge is 0.330 e. The molecule has 1 aromatic heterocycles. The van der Waals surface area contributed by atoms with E-state index in [4.69, 9.17) is 0 Å². The summed E-state index contributed by atoms with van der Waals surface area (Å²) >= 11 is 0. The second kappa shape index (κ2) is 7.73. The molecule has 2 aromatic carbocycles. The topological polar surface area (TPSA) is 84.3 Å². The molecule has 0 unspecified atom stereocenters. The number of aromatic nitrogens is 2. The third-order valence-corrected chi connectivity index (χ3v) is 6.55. The Balaban J connectivity index is 1.71. The number of fused-ring (bicyclic) bond motifs is 1. The molecule has 148 valence electrons. The minimum atomic E-state index is -3.51. The summed E-state index contributed by atoms with van der Waals surface area (Å²) in [5.41, 5.74) is 4.46. The molecule has 0 bridgehead atoms. The van der Waals surface area contributed by atoms with Gasteiger partial charge in [0.1, 0.15) is 0 Å². The number of aryl methyl sites for hydroxylation is 3. The predicted octanol–water partition coefficient (Wildman–Crippen LogP) is 2.93. The van der Waals surface area contributed by atoms with Crippen molar-refractivity contribution in [3.63, 3.8) is 0 Å². The normalized spacial score (nSPS) is 11.9. The number of benzene rings is 2. The van der Waals surface area contributed by atoms with Crippen LogP contribution in [0.3, 0.4) is 0 Å². The van der Waals surface area contributed by atoms with Crippen LogP contribution in [0.15, 0.2) is 47.6 Å². The summed E-state index contributed by atoms with van der Waals surface area (Å²) in [6, 6.07) is 10.7. The number of nitrogens with one attached hydrogen (secondary N) is 1. The van der Waals surface area contributed by atoms with Gasteiger partial charge in [-0.15, -0.1) is 0 Å². The Morgan fingerprint density at radius 1 is 1.11 bits per heavy atom. The lowest BCUT2D eigenvalue weighted by molar-refractivity contribution is -0.116. The lowest BCUT2D eigenvalue weighted by Gasteiger charge is -2.11. The van der Waals surface area contributed by atoms with Gasteiger partial charge in [-0.25, -0.2) is 17.7 Å². The highest BCUT2D eigenvalue weighted by molar-refractivity contribution is 7.89. The Labute approximate surface area is 165 Å². The monoisotopic (exact) mass is 400 g/mol. The number of imidazole rings is 1. The standard InChI is InChI=1S/C20H24N4O3S/c1-14-5-6-16(11-15(14)2)22-20(25)9-10-24-13-21-18-12-17(7-8-19(18)24)28(26,27)23(3)4/h5-8,11-13H,9-10H2,1-4H3,(H,22,25). The van der Waals surface area contributed by atoms with Gasteiger partial charge >= 0.3 is 0 Å². The first-order valence-corrected chi connectivity index (χ1v) is 10.4. The molecule has 1 amide bonds. The number of rotatable bonds is 6. The van der Waals surface area contributed by atoms with Gasteiger partial charge in [0.2, 0.25) is 15.9 Å². The number of anilines is 1. The van der Waals surface area contributed by atoms with Crippen molar-refractivity contribution in [2.75, 3.05) is 19.4 Å². The number of hydrogen-bond donors (Lipinski definition) is 1. The van der Waals surface area contributed by atoms with Crippen LogP contribution in [-0.2, 0) is 21.4 Å². The van der Waals surface area contributed by atoms with E-state index in [1.165, 1.54) is 24.0 Å². The Hall–Kier alpha value is -2.71. The van der Waals surface area contributed by atoms with E-state index >= 15 is 0 Å². The molecular formula is C20H24N4O3S. The number of amides is 1. The molecule has 0 radical (unpaired) electrons. The van der Waals surface area contributed by atoms with E-state index in [1.54, 1.807) is 24.5 Å². The van der Waals surface area contributed by atoms with Crippen LogP contribution < -0.4 is 5.32 Å². The zero-order chi connectivity index (χ0) is 20.5. The van der Waals surface area contributed by atoms with Gasteiger partial charge in [-0.1, -0.05) is 6.07 Å². The molecular weight excluding hydrogens is 376 g/mol. The van der Waals surface area contributed by atoms with Crippen molar-refractivity contribution in [2.45, 2.75) is 31.7 Å². The Morgan fingerprint density at radius 3 is 2.54 bits per heavy atom. The zero-order valence-corrected chi connectivity index (χ0v) is 17.2. The Morgan fingerprint density at radius 2 is 1.86 bits per heavy atom. The number of carbonyl (C=O) groups is 1. The summed E-state index contributed by atoms with van der Waals surface area (Å²) in [7, 11) is -0.521. The number of nitrogens with zero attached hydrogens (tertiary/aromatic N) is 3. The molecule has 7 nitrogen and oxygen atoms in total. The highest BCUT2D eigenvalue weighted by Gasteiger charge is 2.18. The second-order valence-electron chi connectivity index (χ2n) is 6.97. The van der Waals surface area contributed by atoms with Crippen molar-refractivity contribution >= 4 is 32.7 Å². The average Bonchev–Trinajstić information content (AvgIpc) is 3.05. The molecule has 1 heterocycles. The predicted molar refractivity (Wildman–Crippen MR) is 110 cm³/mol. The van der Waals surface area contributed by atoms with Crippen LogP contribution in [0.25, 0.3) is 11.0 Å². The molecule has 8 heteroatoms. The molecule has 28 heavy (non-hydrogen) atoms. The van der Waals surface area contributed by atoms with Crippen molar-refractivity contribution in [1.82, 2.24) is 13.9 Å². The van der Waals surface area contributed by atoms with Gasteiger partial charge in [0.05, 0.1) is 22.3 Å². The molecule has 1 N–H and O–H groups in total. The first-order chi connectivity index (χ1) is 13.2. The van der Waals surface area contributed by atoms with Gasteiger partial charge < -0.3 is 9.88 Å². The Bertz CT molecular complexity index is 1130. The maximum Gasteiger partial charge on any atom is 0.242 e. The molecule has 0 saturated heterocycles. The first kappa shape index (κ1) is 20.0. The van der Waals surface area contributed by atoms with Crippen molar-refractivity contribution in [1.29, 1.82) is 0 Å². The molecule has 0 atom stereocenters. The van der Waals surface area contributed by atoms with Crippen LogP contribution in [0.4, 0.5) is 5.69 Å². The summed E-state index contributed by atoms with van der Waals surface area (Å²) in [4.78, 5) is 16.8. The fourth-order valence-corrected chi connectivity index (χ4v) is 3.78. The van der Waals surface area contributed by atoms with E-state index in [-0.39, 0.29) is 17.2 Å². The quantitative estimate of drug-likeness (QED) is 0.689. The van der Waals surface area contributed by atoms with Gasteiger partial charge in [0.25, 0.3) is 0 Å². The molecule has 0 aliphatic carbocycles. The van der Waals surface area contributed by atoms with E-state index in [2.05, 4.69) is 10.3 Å². The van der Waals surface area contributed by atoms with Crippen LogP contribution in [0, 0.1) is 13.8 Å². The molecule has 0 spiro atoms. The van der Waals surface area contributed by atoms with Gasteiger partial charge in [0, 0.05) is 32.7 Å². The third-order valence-electron chi connectivity index (χ3n) is 4.74. The van der Waals surface area contributed by atoms with Crippen LogP contribution in [0.2, 0.25) is 0 Å². The summed E-state index contributed by atoms with van der Waals surface area (Å²) in [5.74, 6) is -0.0862. The summed E-state index contributed by atoms with van der Waals surface area (Å²) in [5, 5.41) is 2.90. The van der Waals surface area contributed by atoms with Crippen LogP contribution >= 0.6 is 0 Å². The fourth-order valence-electron chi connectivity index (χ4n) is 2.86. The van der Waals surface area contributed by atoms with Crippen LogP contribution in [-0.4, -0.2) is 42.3 Å². The van der Waals surface area contributed by atoms with E-state index in [0.717, 1.165) is 16.8 Å². The SMILES string of the molecule is Cc1ccc(NC(=O)CCn2cnc3cc(S(=O)(=O)N(C)C)ccc32)cc1C.